The lowest BCUT2D eigenvalue weighted by Gasteiger charge is -2.29. The van der Waals surface area contributed by atoms with Crippen molar-refractivity contribution in [2.75, 3.05) is 23.7 Å². The molecule has 2 rings (SSSR count). The van der Waals surface area contributed by atoms with Crippen LogP contribution >= 0.6 is 15.9 Å². The molecular formula is C26H36BrN3O4S. The number of hydrogen-bond donors (Lipinski definition) is 1. The number of hydrogen-bond acceptors (Lipinski definition) is 4. The molecule has 0 bridgehead atoms. The number of nitrogens with one attached hydrogen (secondary N) is 1. The number of rotatable bonds is 12. The molecule has 0 saturated carbocycles. The van der Waals surface area contributed by atoms with Crippen LogP contribution in [0, 0.1) is 13.8 Å². The molecule has 0 aromatic heterocycles. The third-order valence-electron chi connectivity index (χ3n) is 5.98. The average molecular weight is 567 g/mol. The quantitative estimate of drug-likeness (QED) is 0.408. The molecule has 2 amide bonds. The van der Waals surface area contributed by atoms with Gasteiger partial charge in [0.25, 0.3) is 0 Å². The van der Waals surface area contributed by atoms with Gasteiger partial charge in [-0.25, -0.2) is 8.42 Å². The van der Waals surface area contributed by atoms with Crippen molar-refractivity contribution in [3.05, 3.63) is 63.6 Å². The van der Waals surface area contributed by atoms with Crippen LogP contribution in [0.3, 0.4) is 0 Å². The number of nitrogens with zero attached hydrogens (tertiary/aromatic N) is 2. The number of aryl methyl sites for hydroxylation is 1. The summed E-state index contributed by atoms with van der Waals surface area (Å²) in [5.41, 5.74) is 3.42. The fraction of sp³-hybridized carbons (Fsp3) is 0.462. The SMILES string of the molecule is CCCNC(=O)[C@@H](C)N(Cc1ccc(Br)cc1)C(=O)CCCN(c1cccc(C)c1C)S(C)(=O)=O. The van der Waals surface area contributed by atoms with Gasteiger partial charge in [0.05, 0.1) is 11.9 Å². The normalized spacial score (nSPS) is 12.2. The van der Waals surface area contributed by atoms with Gasteiger partial charge in [0.2, 0.25) is 21.8 Å². The molecule has 0 unspecified atom stereocenters. The minimum absolute atomic E-state index is 0.124. The topological polar surface area (TPSA) is 86.8 Å². The van der Waals surface area contributed by atoms with Gasteiger partial charge in [-0.1, -0.05) is 47.1 Å². The predicted molar refractivity (Wildman–Crippen MR) is 145 cm³/mol. The highest BCUT2D eigenvalue weighted by Gasteiger charge is 2.26. The van der Waals surface area contributed by atoms with E-state index in [0.717, 1.165) is 27.6 Å². The van der Waals surface area contributed by atoms with Gasteiger partial charge in [0.15, 0.2) is 0 Å². The zero-order valence-electron chi connectivity index (χ0n) is 21.2. The monoisotopic (exact) mass is 565 g/mol. The molecule has 9 heteroatoms. The lowest BCUT2D eigenvalue weighted by atomic mass is 10.1. The maximum atomic E-state index is 13.3. The summed E-state index contributed by atoms with van der Waals surface area (Å²) in [4.78, 5) is 27.5. The Morgan fingerprint density at radius 3 is 2.34 bits per heavy atom. The first kappa shape index (κ1) is 28.8. The summed E-state index contributed by atoms with van der Waals surface area (Å²) in [5.74, 6) is -0.396. The average Bonchev–Trinajstić information content (AvgIpc) is 2.80. The minimum Gasteiger partial charge on any atom is -0.354 e. The Balaban J connectivity index is 2.18. The van der Waals surface area contributed by atoms with E-state index >= 15 is 0 Å². The number of sulfonamides is 1. The van der Waals surface area contributed by atoms with Crippen LogP contribution in [0.4, 0.5) is 5.69 Å². The smallest absolute Gasteiger partial charge is 0.242 e. The largest absolute Gasteiger partial charge is 0.354 e. The van der Waals surface area contributed by atoms with Gasteiger partial charge in [-0.15, -0.1) is 0 Å². The number of amides is 2. The molecule has 0 spiro atoms. The van der Waals surface area contributed by atoms with Gasteiger partial charge >= 0.3 is 0 Å². The maximum absolute atomic E-state index is 13.3. The van der Waals surface area contributed by atoms with Crippen molar-refractivity contribution in [2.45, 2.75) is 59.5 Å². The van der Waals surface area contributed by atoms with E-state index in [1.807, 2.05) is 57.2 Å². The lowest BCUT2D eigenvalue weighted by Crippen LogP contribution is -2.47. The van der Waals surface area contributed by atoms with E-state index in [0.29, 0.717) is 25.2 Å². The minimum atomic E-state index is -3.53. The first-order chi connectivity index (χ1) is 16.5. The van der Waals surface area contributed by atoms with Crippen molar-refractivity contribution in [3.8, 4) is 0 Å². The molecule has 0 aliphatic heterocycles. The van der Waals surface area contributed by atoms with Crippen LogP contribution in [0.5, 0.6) is 0 Å². The summed E-state index contributed by atoms with van der Waals surface area (Å²) in [6, 6.07) is 12.5. The van der Waals surface area contributed by atoms with Crippen LogP contribution in [0.2, 0.25) is 0 Å². The molecule has 1 N–H and O–H groups in total. The Morgan fingerprint density at radius 1 is 1.09 bits per heavy atom. The van der Waals surface area contributed by atoms with E-state index in [1.165, 1.54) is 10.6 Å². The van der Waals surface area contributed by atoms with Crippen LogP contribution in [0.25, 0.3) is 0 Å². The molecule has 0 aliphatic rings. The van der Waals surface area contributed by atoms with Gasteiger partial charge in [-0.2, -0.15) is 0 Å². The standard InChI is InChI=1S/C26H36BrN3O4S/c1-6-16-28-26(32)21(4)29(18-22-12-14-23(27)15-13-22)25(31)11-8-17-30(35(5,33)34)24-10-7-9-19(2)20(24)3/h7,9-10,12-15,21H,6,8,11,16-18H2,1-5H3,(H,28,32)/t21-/m1/s1. The van der Waals surface area contributed by atoms with Crippen LogP contribution < -0.4 is 9.62 Å². The van der Waals surface area contributed by atoms with Gasteiger partial charge in [-0.05, 0) is 68.5 Å². The Labute approximate surface area is 218 Å². The third-order valence-corrected chi connectivity index (χ3v) is 7.69. The second kappa shape index (κ2) is 13.1. The number of carbonyl (C=O) groups is 2. The second-order valence-electron chi connectivity index (χ2n) is 8.77. The Kier molecular flexibility index (Phi) is 10.8. The first-order valence-corrected chi connectivity index (χ1v) is 14.4. The van der Waals surface area contributed by atoms with E-state index in [1.54, 1.807) is 17.9 Å². The Morgan fingerprint density at radius 2 is 1.74 bits per heavy atom. The van der Waals surface area contributed by atoms with Gasteiger partial charge < -0.3 is 10.2 Å². The Bertz CT molecular complexity index is 1120. The molecule has 0 fully saturated rings. The molecular weight excluding hydrogens is 530 g/mol. The highest BCUT2D eigenvalue weighted by molar-refractivity contribution is 9.10. The second-order valence-corrected chi connectivity index (χ2v) is 11.6. The fourth-order valence-electron chi connectivity index (χ4n) is 3.75. The van der Waals surface area contributed by atoms with E-state index in [2.05, 4.69) is 21.2 Å². The summed E-state index contributed by atoms with van der Waals surface area (Å²) in [6.45, 7) is 8.54. The van der Waals surface area contributed by atoms with Crippen molar-refractivity contribution >= 4 is 43.5 Å². The first-order valence-electron chi connectivity index (χ1n) is 11.8. The molecule has 2 aromatic carbocycles. The van der Waals surface area contributed by atoms with E-state index in [4.69, 9.17) is 0 Å². The third kappa shape index (κ3) is 8.35. The lowest BCUT2D eigenvalue weighted by molar-refractivity contribution is -0.140. The molecule has 0 aliphatic carbocycles. The molecule has 35 heavy (non-hydrogen) atoms. The molecule has 1 atom stereocenters. The summed E-state index contributed by atoms with van der Waals surface area (Å²) >= 11 is 3.42. The van der Waals surface area contributed by atoms with Crippen molar-refractivity contribution in [2.24, 2.45) is 0 Å². The summed E-state index contributed by atoms with van der Waals surface area (Å²) in [5, 5.41) is 2.86. The van der Waals surface area contributed by atoms with Gasteiger partial charge in [-0.3, -0.25) is 13.9 Å². The summed E-state index contributed by atoms with van der Waals surface area (Å²) in [7, 11) is -3.53. The van der Waals surface area contributed by atoms with Crippen LogP contribution in [-0.4, -0.2) is 50.5 Å². The predicted octanol–water partition coefficient (Wildman–Crippen LogP) is 4.56. The van der Waals surface area contributed by atoms with Gasteiger partial charge in [0.1, 0.15) is 6.04 Å². The maximum Gasteiger partial charge on any atom is 0.242 e. The van der Waals surface area contributed by atoms with E-state index in [-0.39, 0.29) is 24.8 Å². The molecule has 192 valence electrons. The van der Waals surface area contributed by atoms with E-state index in [9.17, 15) is 18.0 Å². The van der Waals surface area contributed by atoms with E-state index < -0.39 is 16.1 Å². The fourth-order valence-corrected chi connectivity index (χ4v) is 5.03. The van der Waals surface area contributed by atoms with Crippen molar-refractivity contribution in [1.29, 1.82) is 0 Å². The molecule has 0 heterocycles. The molecule has 0 radical (unpaired) electrons. The van der Waals surface area contributed by atoms with Crippen LogP contribution in [-0.2, 0) is 26.2 Å². The highest BCUT2D eigenvalue weighted by atomic mass is 79.9. The zero-order chi connectivity index (χ0) is 26.2. The number of halogens is 1. The van der Waals surface area contributed by atoms with Crippen molar-refractivity contribution in [3.63, 3.8) is 0 Å². The summed E-state index contributed by atoms with van der Waals surface area (Å²) < 4.78 is 27.4. The summed E-state index contributed by atoms with van der Waals surface area (Å²) in [6.07, 6.45) is 2.44. The van der Waals surface area contributed by atoms with Crippen LogP contribution in [0.1, 0.15) is 49.8 Å². The van der Waals surface area contributed by atoms with Gasteiger partial charge in [0, 0.05) is 30.5 Å². The number of anilines is 1. The molecule has 2 aromatic rings. The zero-order valence-corrected chi connectivity index (χ0v) is 23.6. The number of benzene rings is 2. The molecule has 7 nitrogen and oxygen atoms in total. The molecule has 0 saturated heterocycles. The van der Waals surface area contributed by atoms with Crippen molar-refractivity contribution < 1.29 is 18.0 Å². The highest BCUT2D eigenvalue weighted by Crippen LogP contribution is 2.25. The Hall–Kier alpha value is -2.39. The van der Waals surface area contributed by atoms with Crippen LogP contribution in [0.15, 0.2) is 46.9 Å². The number of carbonyl (C=O) groups excluding carboxylic acids is 2. The van der Waals surface area contributed by atoms with Crippen molar-refractivity contribution in [1.82, 2.24) is 10.2 Å².